The Hall–Kier alpha value is -2.14. The van der Waals surface area contributed by atoms with E-state index >= 15 is 0 Å². The summed E-state index contributed by atoms with van der Waals surface area (Å²) >= 11 is 1.56. The maximum Gasteiger partial charge on any atom is 0.338 e. The molecular formula is C16H16O4S. The van der Waals surface area contributed by atoms with E-state index in [0.29, 0.717) is 16.7 Å². The maximum atomic E-state index is 12.0. The van der Waals surface area contributed by atoms with Crippen molar-refractivity contribution in [1.29, 1.82) is 0 Å². The molecule has 1 unspecified atom stereocenters. The quantitative estimate of drug-likeness (QED) is 0.875. The molecule has 0 saturated carbocycles. The van der Waals surface area contributed by atoms with E-state index in [1.54, 1.807) is 36.5 Å². The third kappa shape index (κ3) is 2.97. The van der Waals surface area contributed by atoms with Gasteiger partial charge in [0.1, 0.15) is 0 Å². The summed E-state index contributed by atoms with van der Waals surface area (Å²) in [6.45, 7) is 3.58. The van der Waals surface area contributed by atoms with Gasteiger partial charge in [0.05, 0.1) is 18.6 Å². The fourth-order valence-corrected chi connectivity index (χ4v) is 2.93. The molecule has 2 rings (SSSR count). The summed E-state index contributed by atoms with van der Waals surface area (Å²) in [5.41, 5.74) is 2.49. The number of aryl methyl sites for hydroxylation is 1. The minimum Gasteiger partial charge on any atom is -0.481 e. The van der Waals surface area contributed by atoms with Gasteiger partial charge in [-0.1, -0.05) is 12.1 Å². The van der Waals surface area contributed by atoms with Crippen molar-refractivity contribution in [2.75, 3.05) is 7.11 Å². The number of methoxy groups -OCH3 is 1. The summed E-state index contributed by atoms with van der Waals surface area (Å²) in [5.74, 6) is -2.09. The summed E-state index contributed by atoms with van der Waals surface area (Å²) in [6.07, 6.45) is 0. The molecule has 0 aliphatic carbocycles. The number of ether oxygens (including phenoxy) is 1. The molecule has 1 aromatic carbocycles. The second-order valence-corrected chi connectivity index (χ2v) is 5.88. The molecule has 0 amide bonds. The van der Waals surface area contributed by atoms with Crippen LogP contribution in [0.15, 0.2) is 29.6 Å². The Morgan fingerprint density at radius 1 is 1.33 bits per heavy atom. The first-order valence-electron chi connectivity index (χ1n) is 6.45. The van der Waals surface area contributed by atoms with E-state index in [1.807, 2.05) is 18.4 Å². The largest absolute Gasteiger partial charge is 0.481 e. The van der Waals surface area contributed by atoms with Crippen molar-refractivity contribution in [2.24, 2.45) is 0 Å². The highest BCUT2D eigenvalue weighted by atomic mass is 32.1. The summed E-state index contributed by atoms with van der Waals surface area (Å²) < 4.78 is 4.82. The molecule has 21 heavy (non-hydrogen) atoms. The van der Waals surface area contributed by atoms with Gasteiger partial charge < -0.3 is 9.84 Å². The van der Waals surface area contributed by atoms with Crippen LogP contribution in [0.5, 0.6) is 0 Å². The highest BCUT2D eigenvalue weighted by Gasteiger charge is 2.23. The lowest BCUT2D eigenvalue weighted by Crippen LogP contribution is -2.12. The first-order valence-corrected chi connectivity index (χ1v) is 7.33. The summed E-state index contributed by atoms with van der Waals surface area (Å²) in [4.78, 5) is 24.4. The number of rotatable bonds is 4. The Labute approximate surface area is 127 Å². The van der Waals surface area contributed by atoms with Crippen LogP contribution in [0.25, 0.3) is 11.1 Å². The minimum atomic E-state index is -0.926. The molecule has 1 aromatic heterocycles. The predicted molar refractivity (Wildman–Crippen MR) is 81.9 cm³/mol. The smallest absolute Gasteiger partial charge is 0.338 e. The minimum absolute atomic E-state index is 0.390. The highest BCUT2D eigenvalue weighted by molar-refractivity contribution is 7.10. The van der Waals surface area contributed by atoms with Crippen molar-refractivity contribution in [3.63, 3.8) is 0 Å². The molecule has 4 nitrogen and oxygen atoms in total. The van der Waals surface area contributed by atoms with Crippen molar-refractivity contribution in [1.82, 2.24) is 0 Å². The third-order valence-electron chi connectivity index (χ3n) is 3.36. The zero-order chi connectivity index (χ0) is 15.6. The zero-order valence-electron chi connectivity index (χ0n) is 12.0. The van der Waals surface area contributed by atoms with Crippen LogP contribution in [-0.4, -0.2) is 24.2 Å². The number of thiophene rings is 1. The summed E-state index contributed by atoms with van der Waals surface area (Å²) in [6, 6.07) is 7.04. The lowest BCUT2D eigenvalue weighted by atomic mass is 9.89. The van der Waals surface area contributed by atoms with E-state index in [2.05, 4.69) is 0 Å². The van der Waals surface area contributed by atoms with Gasteiger partial charge in [0.25, 0.3) is 0 Å². The second kappa shape index (κ2) is 6.10. The summed E-state index contributed by atoms with van der Waals surface area (Å²) in [5, 5.41) is 11.2. The number of benzene rings is 1. The molecule has 0 fully saturated rings. The van der Waals surface area contributed by atoms with E-state index in [9.17, 15) is 14.7 Å². The number of carboxylic acid groups (broad SMARTS) is 1. The molecule has 1 heterocycles. The van der Waals surface area contributed by atoms with Gasteiger partial charge in [-0.2, -0.15) is 0 Å². The molecule has 0 radical (unpaired) electrons. The fourth-order valence-electron chi connectivity index (χ4n) is 2.24. The zero-order valence-corrected chi connectivity index (χ0v) is 12.9. The molecule has 0 bridgehead atoms. The van der Waals surface area contributed by atoms with Gasteiger partial charge in [0.2, 0.25) is 0 Å². The molecule has 0 aliphatic heterocycles. The van der Waals surface area contributed by atoms with Crippen molar-refractivity contribution in [2.45, 2.75) is 19.8 Å². The van der Waals surface area contributed by atoms with Crippen LogP contribution < -0.4 is 0 Å². The van der Waals surface area contributed by atoms with Gasteiger partial charge in [-0.25, -0.2) is 4.79 Å². The second-order valence-electron chi connectivity index (χ2n) is 4.77. The van der Waals surface area contributed by atoms with Crippen LogP contribution in [0.1, 0.15) is 33.6 Å². The van der Waals surface area contributed by atoms with Crippen LogP contribution in [-0.2, 0) is 9.53 Å². The Bertz CT molecular complexity index is 687. The molecule has 110 valence electrons. The number of carbonyl (C=O) groups is 2. The number of carbonyl (C=O) groups excluding carboxylic acids is 1. The van der Waals surface area contributed by atoms with Crippen molar-refractivity contribution >= 4 is 23.3 Å². The van der Waals surface area contributed by atoms with Gasteiger partial charge >= 0.3 is 11.9 Å². The van der Waals surface area contributed by atoms with E-state index in [4.69, 9.17) is 4.74 Å². The molecule has 2 aromatic rings. The lowest BCUT2D eigenvalue weighted by Gasteiger charge is -2.15. The van der Waals surface area contributed by atoms with E-state index in [0.717, 1.165) is 10.4 Å². The van der Waals surface area contributed by atoms with Gasteiger partial charge in [-0.3, -0.25) is 4.79 Å². The lowest BCUT2D eigenvalue weighted by molar-refractivity contribution is -0.138. The molecule has 0 saturated heterocycles. The number of aliphatic carboxylic acids is 1. The monoisotopic (exact) mass is 304 g/mol. The third-order valence-corrected chi connectivity index (χ3v) is 4.22. The first-order chi connectivity index (χ1) is 9.95. The van der Waals surface area contributed by atoms with Crippen LogP contribution >= 0.6 is 11.3 Å². The van der Waals surface area contributed by atoms with E-state index in [1.165, 1.54) is 7.11 Å². The number of hydrogen-bond acceptors (Lipinski definition) is 4. The number of hydrogen-bond donors (Lipinski definition) is 1. The van der Waals surface area contributed by atoms with Crippen molar-refractivity contribution in [3.8, 4) is 11.1 Å². The number of carboxylic acids is 1. The van der Waals surface area contributed by atoms with Gasteiger partial charge in [-0.05, 0) is 42.5 Å². The highest BCUT2D eigenvalue weighted by Crippen LogP contribution is 2.35. The molecule has 0 aliphatic rings. The van der Waals surface area contributed by atoms with Gasteiger partial charge in [0, 0.05) is 10.4 Å². The molecule has 1 atom stereocenters. The van der Waals surface area contributed by atoms with Crippen molar-refractivity contribution in [3.05, 3.63) is 45.6 Å². The molecule has 1 N–H and O–H groups in total. The average Bonchev–Trinajstić information content (AvgIpc) is 2.90. The van der Waals surface area contributed by atoms with Crippen LogP contribution in [0, 0.1) is 6.92 Å². The molecule has 0 spiro atoms. The molecular weight excluding hydrogens is 288 g/mol. The Morgan fingerprint density at radius 3 is 2.57 bits per heavy atom. The molecule has 5 heteroatoms. The van der Waals surface area contributed by atoms with Crippen molar-refractivity contribution < 1.29 is 19.4 Å². The summed E-state index contributed by atoms with van der Waals surface area (Å²) in [7, 11) is 1.32. The predicted octanol–water partition coefficient (Wildman–Crippen LogP) is 3.70. The fraction of sp³-hybridized carbons (Fsp3) is 0.250. The first kappa shape index (κ1) is 15.3. The van der Waals surface area contributed by atoms with Gasteiger partial charge in [-0.15, -0.1) is 11.3 Å². The SMILES string of the molecule is COC(=O)c1cccc(C(C)C(=O)O)c1-c1csc(C)c1. The normalized spacial score (nSPS) is 12.0. The Balaban J connectivity index is 2.71. The average molecular weight is 304 g/mol. The standard InChI is InChI=1S/C16H16O4S/c1-9-7-11(8-21-9)14-12(10(2)15(17)18)5-4-6-13(14)16(19)20-3/h4-8,10H,1-3H3,(H,17,18). The van der Waals surface area contributed by atoms with Gasteiger partial charge in [0.15, 0.2) is 0 Å². The van der Waals surface area contributed by atoms with E-state index in [-0.39, 0.29) is 0 Å². The Morgan fingerprint density at radius 2 is 2.05 bits per heavy atom. The topological polar surface area (TPSA) is 63.6 Å². The number of esters is 1. The maximum absolute atomic E-state index is 12.0. The van der Waals surface area contributed by atoms with Crippen LogP contribution in [0.2, 0.25) is 0 Å². The Kier molecular flexibility index (Phi) is 4.43. The van der Waals surface area contributed by atoms with Crippen LogP contribution in [0.4, 0.5) is 0 Å². The van der Waals surface area contributed by atoms with E-state index < -0.39 is 17.9 Å². The van der Waals surface area contributed by atoms with Crippen LogP contribution in [0.3, 0.4) is 0 Å².